The third-order valence-corrected chi connectivity index (χ3v) is 5.32. The number of carbonyl (C=O) groups is 1. The molecule has 108 valence electrons. The Labute approximate surface area is 114 Å². The predicted octanol–water partition coefficient (Wildman–Crippen LogP) is 0.491. The molecule has 3 fully saturated rings. The highest BCUT2D eigenvalue weighted by atomic mass is 16.4. The molecule has 2 aliphatic heterocycles. The normalized spacial score (nSPS) is 41.1. The number of nitrogens with two attached hydrogens (primary N) is 1. The lowest BCUT2D eigenvalue weighted by atomic mass is 9.99. The maximum Gasteiger partial charge on any atom is 0.323 e. The van der Waals surface area contributed by atoms with Crippen molar-refractivity contribution in [3.8, 4) is 0 Å². The fourth-order valence-corrected chi connectivity index (χ4v) is 4.06. The summed E-state index contributed by atoms with van der Waals surface area (Å²) in [6, 6.07) is 1.08. The quantitative estimate of drug-likeness (QED) is 0.779. The largest absolute Gasteiger partial charge is 0.480 e. The van der Waals surface area contributed by atoms with E-state index in [0.29, 0.717) is 24.9 Å². The van der Waals surface area contributed by atoms with Crippen LogP contribution in [0, 0.1) is 0 Å². The number of rotatable bonds is 3. The summed E-state index contributed by atoms with van der Waals surface area (Å²) in [6.07, 6.45) is 6.10. The standard InChI is InChI=1S/C14H25N3O2/c15-14(13(18)19)5-3-11(9-14)17-8-4-12(10-17)16-6-1-2-7-16/h11-12H,1-10,15H2,(H,18,19). The zero-order valence-electron chi connectivity index (χ0n) is 11.6. The van der Waals surface area contributed by atoms with E-state index in [1.54, 1.807) is 0 Å². The number of carboxylic acid groups (broad SMARTS) is 1. The molecule has 5 heteroatoms. The molecule has 5 nitrogen and oxygen atoms in total. The van der Waals surface area contributed by atoms with Crippen molar-refractivity contribution in [3.05, 3.63) is 0 Å². The molecule has 0 aromatic heterocycles. The summed E-state index contributed by atoms with van der Waals surface area (Å²) in [5, 5.41) is 9.21. The van der Waals surface area contributed by atoms with Gasteiger partial charge in [-0.25, -0.2) is 0 Å². The van der Waals surface area contributed by atoms with Crippen molar-refractivity contribution in [2.75, 3.05) is 26.2 Å². The maximum absolute atomic E-state index is 11.2. The monoisotopic (exact) mass is 267 g/mol. The number of nitrogens with zero attached hydrogens (tertiary/aromatic N) is 2. The molecule has 1 aliphatic carbocycles. The highest BCUT2D eigenvalue weighted by molar-refractivity contribution is 5.79. The minimum absolute atomic E-state index is 0.383. The van der Waals surface area contributed by atoms with Crippen molar-refractivity contribution >= 4 is 5.97 Å². The van der Waals surface area contributed by atoms with Crippen LogP contribution < -0.4 is 5.73 Å². The molecule has 0 bridgehead atoms. The molecule has 3 N–H and O–H groups in total. The Kier molecular flexibility index (Phi) is 3.53. The van der Waals surface area contributed by atoms with Crippen molar-refractivity contribution in [3.63, 3.8) is 0 Å². The third kappa shape index (κ3) is 2.51. The molecule has 3 atom stereocenters. The molecule has 19 heavy (non-hydrogen) atoms. The molecule has 0 aromatic rings. The topological polar surface area (TPSA) is 69.8 Å². The highest BCUT2D eigenvalue weighted by Gasteiger charge is 2.45. The van der Waals surface area contributed by atoms with Gasteiger partial charge in [-0.05, 0) is 51.6 Å². The molecule has 3 unspecified atom stereocenters. The number of carboxylic acids is 1. The summed E-state index contributed by atoms with van der Waals surface area (Å²) in [5.74, 6) is -0.828. The summed E-state index contributed by atoms with van der Waals surface area (Å²) >= 11 is 0. The van der Waals surface area contributed by atoms with Gasteiger partial charge in [0.15, 0.2) is 0 Å². The summed E-state index contributed by atoms with van der Waals surface area (Å²) in [5.41, 5.74) is 5.00. The molecular formula is C14H25N3O2. The lowest BCUT2D eigenvalue weighted by Gasteiger charge is -2.27. The van der Waals surface area contributed by atoms with Crippen LogP contribution in [0.5, 0.6) is 0 Å². The van der Waals surface area contributed by atoms with Crippen LogP contribution in [0.3, 0.4) is 0 Å². The average molecular weight is 267 g/mol. The van der Waals surface area contributed by atoms with E-state index in [1.165, 1.54) is 32.4 Å². The van der Waals surface area contributed by atoms with Gasteiger partial charge in [0.05, 0.1) is 0 Å². The second-order valence-electron chi connectivity index (χ2n) is 6.54. The predicted molar refractivity (Wildman–Crippen MR) is 73.0 cm³/mol. The van der Waals surface area contributed by atoms with Crippen molar-refractivity contribution in [2.24, 2.45) is 5.73 Å². The Bertz CT molecular complexity index is 357. The second-order valence-corrected chi connectivity index (χ2v) is 6.54. The van der Waals surface area contributed by atoms with E-state index in [1.807, 2.05) is 0 Å². The first kappa shape index (κ1) is 13.3. The van der Waals surface area contributed by atoms with Gasteiger partial charge in [0.1, 0.15) is 5.54 Å². The van der Waals surface area contributed by atoms with Gasteiger partial charge < -0.3 is 10.8 Å². The van der Waals surface area contributed by atoms with Gasteiger partial charge in [0.2, 0.25) is 0 Å². The Balaban J connectivity index is 1.55. The fourth-order valence-electron chi connectivity index (χ4n) is 4.06. The molecule has 3 aliphatic rings. The Morgan fingerprint density at radius 1 is 1.11 bits per heavy atom. The first-order chi connectivity index (χ1) is 9.08. The molecule has 1 saturated carbocycles. The Hall–Kier alpha value is -0.650. The third-order valence-electron chi connectivity index (χ3n) is 5.32. The Morgan fingerprint density at radius 3 is 2.47 bits per heavy atom. The molecule has 0 aromatic carbocycles. The molecule has 0 radical (unpaired) electrons. The summed E-state index contributed by atoms with van der Waals surface area (Å²) in [7, 11) is 0. The lowest BCUT2D eigenvalue weighted by molar-refractivity contribution is -0.143. The maximum atomic E-state index is 11.2. The first-order valence-electron chi connectivity index (χ1n) is 7.59. The fraction of sp³-hybridized carbons (Fsp3) is 0.929. The Morgan fingerprint density at radius 2 is 1.84 bits per heavy atom. The second kappa shape index (κ2) is 5.04. The van der Waals surface area contributed by atoms with Gasteiger partial charge in [-0.3, -0.25) is 14.6 Å². The van der Waals surface area contributed by atoms with Crippen LogP contribution in [-0.4, -0.2) is 64.7 Å². The van der Waals surface area contributed by atoms with E-state index >= 15 is 0 Å². The van der Waals surface area contributed by atoms with Crippen LogP contribution in [0.25, 0.3) is 0 Å². The minimum atomic E-state index is -0.976. The van der Waals surface area contributed by atoms with E-state index in [0.717, 1.165) is 19.5 Å². The van der Waals surface area contributed by atoms with Crippen molar-refractivity contribution < 1.29 is 9.90 Å². The number of aliphatic carboxylic acids is 1. The van der Waals surface area contributed by atoms with Gasteiger partial charge >= 0.3 is 5.97 Å². The number of hydrogen-bond acceptors (Lipinski definition) is 4. The van der Waals surface area contributed by atoms with Crippen LogP contribution in [0.15, 0.2) is 0 Å². The van der Waals surface area contributed by atoms with Crippen LogP contribution in [-0.2, 0) is 4.79 Å². The van der Waals surface area contributed by atoms with Crippen molar-refractivity contribution in [1.29, 1.82) is 0 Å². The minimum Gasteiger partial charge on any atom is -0.480 e. The van der Waals surface area contributed by atoms with Gasteiger partial charge in [-0.2, -0.15) is 0 Å². The molecule has 2 saturated heterocycles. The lowest BCUT2D eigenvalue weighted by Crippen LogP contribution is -2.47. The van der Waals surface area contributed by atoms with Crippen LogP contribution in [0.2, 0.25) is 0 Å². The highest BCUT2D eigenvalue weighted by Crippen LogP contribution is 2.34. The van der Waals surface area contributed by atoms with Crippen LogP contribution in [0.1, 0.15) is 38.5 Å². The van der Waals surface area contributed by atoms with Gasteiger partial charge in [-0.15, -0.1) is 0 Å². The number of likely N-dealkylation sites (tertiary alicyclic amines) is 2. The van der Waals surface area contributed by atoms with Crippen LogP contribution in [0.4, 0.5) is 0 Å². The molecule has 0 amide bonds. The molecule has 3 rings (SSSR count). The summed E-state index contributed by atoms with van der Waals surface area (Å²) < 4.78 is 0. The van der Waals surface area contributed by atoms with E-state index in [4.69, 9.17) is 5.73 Å². The molecule has 2 heterocycles. The molecular weight excluding hydrogens is 242 g/mol. The zero-order valence-corrected chi connectivity index (χ0v) is 11.6. The van der Waals surface area contributed by atoms with E-state index in [9.17, 15) is 9.90 Å². The number of hydrogen-bond donors (Lipinski definition) is 2. The van der Waals surface area contributed by atoms with E-state index < -0.39 is 11.5 Å². The van der Waals surface area contributed by atoms with E-state index in [-0.39, 0.29) is 0 Å². The molecule has 0 spiro atoms. The smallest absolute Gasteiger partial charge is 0.323 e. The first-order valence-corrected chi connectivity index (χ1v) is 7.59. The van der Waals surface area contributed by atoms with Crippen LogP contribution >= 0.6 is 0 Å². The van der Waals surface area contributed by atoms with Crippen molar-refractivity contribution in [1.82, 2.24) is 9.80 Å². The van der Waals surface area contributed by atoms with E-state index in [2.05, 4.69) is 9.80 Å². The van der Waals surface area contributed by atoms with Crippen molar-refractivity contribution in [2.45, 2.75) is 56.1 Å². The van der Waals surface area contributed by atoms with Gasteiger partial charge in [0.25, 0.3) is 0 Å². The summed E-state index contributed by atoms with van der Waals surface area (Å²) in [6.45, 7) is 4.72. The zero-order chi connectivity index (χ0) is 13.5. The summed E-state index contributed by atoms with van der Waals surface area (Å²) in [4.78, 5) is 16.3. The average Bonchev–Trinajstić information content (AvgIpc) is 3.08. The van der Waals surface area contributed by atoms with Gasteiger partial charge in [0, 0.05) is 25.2 Å². The SMILES string of the molecule is NC1(C(=O)O)CCC(N2CCC(N3CCCC3)C2)C1. The van der Waals surface area contributed by atoms with Gasteiger partial charge in [-0.1, -0.05) is 0 Å².